The molecule has 0 aliphatic carbocycles. The van der Waals surface area contributed by atoms with Crippen molar-refractivity contribution in [2.24, 2.45) is 0 Å². The minimum atomic E-state index is 0.143. The van der Waals surface area contributed by atoms with Crippen LogP contribution in [0.15, 0.2) is 46.9 Å². The zero-order chi connectivity index (χ0) is 12.3. The van der Waals surface area contributed by atoms with E-state index in [9.17, 15) is 5.11 Å². The van der Waals surface area contributed by atoms with Crippen molar-refractivity contribution in [1.29, 1.82) is 0 Å². The van der Waals surface area contributed by atoms with Crippen molar-refractivity contribution in [3.05, 3.63) is 57.5 Å². The number of phenols is 1. The highest BCUT2D eigenvalue weighted by Crippen LogP contribution is 2.27. The van der Waals surface area contributed by atoms with Gasteiger partial charge >= 0.3 is 0 Å². The van der Waals surface area contributed by atoms with E-state index in [-0.39, 0.29) is 5.75 Å². The number of benzene rings is 2. The molecule has 4 heteroatoms. The van der Waals surface area contributed by atoms with E-state index in [1.165, 1.54) is 6.07 Å². The quantitative estimate of drug-likeness (QED) is 0.911. The molecule has 0 heterocycles. The molecule has 0 spiro atoms. The average molecular weight is 314 g/mol. The maximum atomic E-state index is 9.66. The van der Waals surface area contributed by atoms with Gasteiger partial charge in [-0.25, -0.2) is 0 Å². The summed E-state index contributed by atoms with van der Waals surface area (Å²) in [5, 5.41) is 10.2. The molecular weight excluding hydrogens is 303 g/mol. The predicted molar refractivity (Wildman–Crippen MR) is 71.6 cm³/mol. The van der Waals surface area contributed by atoms with Gasteiger partial charge in [-0.05, 0) is 40.2 Å². The van der Waals surface area contributed by atoms with Crippen molar-refractivity contribution in [2.75, 3.05) is 0 Å². The predicted octanol–water partition coefficient (Wildman–Crippen LogP) is 4.39. The van der Waals surface area contributed by atoms with Crippen LogP contribution in [0.1, 0.15) is 5.56 Å². The van der Waals surface area contributed by atoms with E-state index in [4.69, 9.17) is 16.3 Å². The van der Waals surface area contributed by atoms with Gasteiger partial charge in [0.2, 0.25) is 0 Å². The lowest BCUT2D eigenvalue weighted by molar-refractivity contribution is 0.297. The summed E-state index contributed by atoms with van der Waals surface area (Å²) in [4.78, 5) is 0. The molecule has 2 nitrogen and oxygen atoms in total. The Morgan fingerprint density at radius 1 is 1.18 bits per heavy atom. The topological polar surface area (TPSA) is 29.5 Å². The van der Waals surface area contributed by atoms with Crippen LogP contribution in [-0.4, -0.2) is 5.11 Å². The molecule has 0 radical (unpaired) electrons. The van der Waals surface area contributed by atoms with E-state index < -0.39 is 0 Å². The Labute approximate surface area is 113 Å². The Bertz CT molecular complexity index is 529. The van der Waals surface area contributed by atoms with Crippen molar-refractivity contribution < 1.29 is 9.84 Å². The van der Waals surface area contributed by atoms with E-state index in [1.807, 2.05) is 24.3 Å². The van der Waals surface area contributed by atoms with Crippen LogP contribution >= 0.6 is 27.5 Å². The maximum absolute atomic E-state index is 9.66. The number of para-hydroxylation sites is 1. The van der Waals surface area contributed by atoms with E-state index in [1.54, 1.807) is 12.1 Å². The first-order chi connectivity index (χ1) is 8.16. The average Bonchev–Trinajstić information content (AvgIpc) is 2.30. The molecule has 0 amide bonds. The number of halogens is 2. The van der Waals surface area contributed by atoms with E-state index >= 15 is 0 Å². The Hall–Kier alpha value is -1.19. The summed E-state index contributed by atoms with van der Waals surface area (Å²) in [6.07, 6.45) is 0. The highest BCUT2D eigenvalue weighted by Gasteiger charge is 2.04. The molecule has 17 heavy (non-hydrogen) atoms. The fourth-order valence-electron chi connectivity index (χ4n) is 1.38. The summed E-state index contributed by atoms with van der Waals surface area (Å²) < 4.78 is 6.48. The fraction of sp³-hybridized carbons (Fsp3) is 0.0769. The molecular formula is C13H10BrClO2. The largest absolute Gasteiger partial charge is 0.507 e. The highest BCUT2D eigenvalue weighted by atomic mass is 79.9. The summed E-state index contributed by atoms with van der Waals surface area (Å²) in [5.41, 5.74) is 0.699. The van der Waals surface area contributed by atoms with Crippen molar-refractivity contribution in [2.45, 2.75) is 6.61 Å². The third-order valence-corrected chi connectivity index (χ3v) is 3.16. The Morgan fingerprint density at radius 3 is 2.65 bits per heavy atom. The third kappa shape index (κ3) is 3.14. The number of hydrogen-bond acceptors (Lipinski definition) is 2. The van der Waals surface area contributed by atoms with Gasteiger partial charge in [0, 0.05) is 10.6 Å². The summed E-state index contributed by atoms with van der Waals surface area (Å²) in [7, 11) is 0. The number of rotatable bonds is 3. The Morgan fingerprint density at radius 2 is 1.94 bits per heavy atom. The number of ether oxygens (including phenoxy) is 1. The fourth-order valence-corrected chi connectivity index (χ4v) is 1.94. The molecule has 1 N–H and O–H groups in total. The molecule has 0 fully saturated rings. The first kappa shape index (κ1) is 12.3. The van der Waals surface area contributed by atoms with Gasteiger partial charge in [-0.2, -0.15) is 0 Å². The van der Waals surface area contributed by atoms with Crippen LogP contribution in [0.25, 0.3) is 0 Å². The van der Waals surface area contributed by atoms with E-state index in [0.717, 1.165) is 10.2 Å². The SMILES string of the molecule is Oc1cc(Cl)ccc1COc1ccccc1Br. The van der Waals surface area contributed by atoms with Gasteiger partial charge in [0.25, 0.3) is 0 Å². The third-order valence-electron chi connectivity index (χ3n) is 2.27. The second-order valence-corrected chi connectivity index (χ2v) is 4.78. The van der Waals surface area contributed by atoms with Gasteiger partial charge in [-0.15, -0.1) is 0 Å². The highest BCUT2D eigenvalue weighted by molar-refractivity contribution is 9.10. The van der Waals surface area contributed by atoms with Crippen molar-refractivity contribution in [1.82, 2.24) is 0 Å². The normalized spacial score (nSPS) is 10.2. The zero-order valence-corrected chi connectivity index (χ0v) is 11.2. The van der Waals surface area contributed by atoms with Crippen LogP contribution in [0.4, 0.5) is 0 Å². The molecule has 2 rings (SSSR count). The molecule has 0 aromatic heterocycles. The second-order valence-electron chi connectivity index (χ2n) is 3.49. The van der Waals surface area contributed by atoms with Crippen LogP contribution in [0, 0.1) is 0 Å². The van der Waals surface area contributed by atoms with E-state index in [0.29, 0.717) is 17.2 Å². The minimum absolute atomic E-state index is 0.143. The lowest BCUT2D eigenvalue weighted by Crippen LogP contribution is -1.96. The molecule has 0 saturated carbocycles. The number of hydrogen-bond donors (Lipinski definition) is 1. The summed E-state index contributed by atoms with van der Waals surface area (Å²) >= 11 is 9.14. The molecule has 0 bridgehead atoms. The molecule has 2 aromatic carbocycles. The van der Waals surface area contributed by atoms with Gasteiger partial charge in [-0.3, -0.25) is 0 Å². The zero-order valence-electron chi connectivity index (χ0n) is 8.86. The molecule has 0 atom stereocenters. The van der Waals surface area contributed by atoms with Crippen molar-refractivity contribution in [3.8, 4) is 11.5 Å². The molecule has 0 aliphatic heterocycles. The first-order valence-electron chi connectivity index (χ1n) is 5.01. The van der Waals surface area contributed by atoms with E-state index in [2.05, 4.69) is 15.9 Å². The first-order valence-corrected chi connectivity index (χ1v) is 6.18. The number of phenolic OH excluding ortho intramolecular Hbond substituents is 1. The van der Waals surface area contributed by atoms with Crippen LogP contribution < -0.4 is 4.74 Å². The lowest BCUT2D eigenvalue weighted by Gasteiger charge is -2.09. The summed E-state index contributed by atoms with van der Waals surface area (Å²) in [5.74, 6) is 0.881. The van der Waals surface area contributed by atoms with Crippen molar-refractivity contribution >= 4 is 27.5 Å². The van der Waals surface area contributed by atoms with Gasteiger partial charge in [0.05, 0.1) is 4.47 Å². The summed E-state index contributed by atoms with van der Waals surface area (Å²) in [6, 6.07) is 12.5. The summed E-state index contributed by atoms with van der Waals surface area (Å²) in [6.45, 7) is 0.297. The van der Waals surface area contributed by atoms with Crippen LogP contribution in [0.2, 0.25) is 5.02 Å². The van der Waals surface area contributed by atoms with Crippen LogP contribution in [0.5, 0.6) is 11.5 Å². The van der Waals surface area contributed by atoms with Crippen molar-refractivity contribution in [3.63, 3.8) is 0 Å². The van der Waals surface area contributed by atoms with Crippen LogP contribution in [0.3, 0.4) is 0 Å². The smallest absolute Gasteiger partial charge is 0.133 e. The Balaban J connectivity index is 2.10. The lowest BCUT2D eigenvalue weighted by atomic mass is 10.2. The Kier molecular flexibility index (Phi) is 3.92. The van der Waals surface area contributed by atoms with Gasteiger partial charge in [0.1, 0.15) is 18.1 Å². The molecule has 0 aliphatic rings. The second kappa shape index (κ2) is 5.43. The minimum Gasteiger partial charge on any atom is -0.507 e. The van der Waals surface area contributed by atoms with Crippen LogP contribution in [-0.2, 0) is 6.61 Å². The maximum Gasteiger partial charge on any atom is 0.133 e. The monoisotopic (exact) mass is 312 g/mol. The van der Waals surface area contributed by atoms with Gasteiger partial charge in [0.15, 0.2) is 0 Å². The molecule has 2 aromatic rings. The van der Waals surface area contributed by atoms with Gasteiger partial charge in [-0.1, -0.05) is 29.8 Å². The standard InChI is InChI=1S/C13H10BrClO2/c14-11-3-1-2-4-13(11)17-8-9-5-6-10(15)7-12(9)16/h1-7,16H,8H2. The molecule has 0 saturated heterocycles. The molecule has 88 valence electrons. The number of aromatic hydroxyl groups is 1. The van der Waals surface area contributed by atoms with Gasteiger partial charge < -0.3 is 9.84 Å². The molecule has 0 unspecified atom stereocenters.